The number of benzene rings is 2. The zero-order valence-corrected chi connectivity index (χ0v) is 13.8. The van der Waals surface area contributed by atoms with Crippen molar-refractivity contribution in [2.75, 3.05) is 6.79 Å². The van der Waals surface area contributed by atoms with Crippen LogP contribution in [0.25, 0.3) is 0 Å². The first kappa shape index (κ1) is 15.5. The van der Waals surface area contributed by atoms with Crippen LogP contribution >= 0.6 is 11.6 Å². The Morgan fingerprint density at radius 1 is 1.00 bits per heavy atom. The van der Waals surface area contributed by atoms with Crippen molar-refractivity contribution in [3.05, 3.63) is 65.4 Å². The smallest absolute Gasteiger partial charge is 0.321 e. The largest absolute Gasteiger partial charge is 0.489 e. The zero-order chi connectivity index (χ0) is 17.1. The van der Waals surface area contributed by atoms with Crippen molar-refractivity contribution in [2.45, 2.75) is 6.61 Å². The van der Waals surface area contributed by atoms with E-state index in [0.717, 1.165) is 5.56 Å². The van der Waals surface area contributed by atoms with Crippen molar-refractivity contribution in [1.82, 2.24) is 9.97 Å². The predicted molar refractivity (Wildman–Crippen MR) is 90.5 cm³/mol. The van der Waals surface area contributed by atoms with E-state index in [-0.39, 0.29) is 12.8 Å². The fourth-order valence-corrected chi connectivity index (χ4v) is 2.63. The van der Waals surface area contributed by atoms with Gasteiger partial charge in [-0.25, -0.2) is 9.97 Å². The summed E-state index contributed by atoms with van der Waals surface area (Å²) < 4.78 is 22.1. The van der Waals surface area contributed by atoms with E-state index < -0.39 is 0 Å². The molecule has 1 aliphatic rings. The minimum absolute atomic E-state index is 0.181. The summed E-state index contributed by atoms with van der Waals surface area (Å²) in [5, 5.41) is 0.506. The van der Waals surface area contributed by atoms with Gasteiger partial charge in [-0.15, -0.1) is 0 Å². The maximum Gasteiger partial charge on any atom is 0.321 e. The third-order valence-corrected chi connectivity index (χ3v) is 3.73. The van der Waals surface area contributed by atoms with Crippen LogP contribution in [0.4, 0.5) is 0 Å². The fraction of sp³-hybridized carbons (Fsp3) is 0.111. The summed E-state index contributed by atoms with van der Waals surface area (Å²) in [5.74, 6) is 2.45. The number of hydrogen-bond donors (Lipinski definition) is 0. The molecule has 25 heavy (non-hydrogen) atoms. The van der Waals surface area contributed by atoms with Gasteiger partial charge in [0, 0.05) is 18.5 Å². The van der Waals surface area contributed by atoms with Crippen molar-refractivity contribution in [2.24, 2.45) is 0 Å². The van der Waals surface area contributed by atoms with Crippen molar-refractivity contribution in [1.29, 1.82) is 0 Å². The summed E-state index contributed by atoms with van der Waals surface area (Å²) >= 11 is 6.18. The van der Waals surface area contributed by atoms with Crippen LogP contribution in [0.15, 0.2) is 54.9 Å². The van der Waals surface area contributed by atoms with Gasteiger partial charge in [-0.2, -0.15) is 0 Å². The van der Waals surface area contributed by atoms with Gasteiger partial charge >= 0.3 is 6.01 Å². The first-order valence-electron chi connectivity index (χ1n) is 7.54. The molecule has 1 aromatic heterocycles. The van der Waals surface area contributed by atoms with E-state index in [1.807, 2.05) is 18.2 Å². The molecule has 0 aliphatic carbocycles. The number of nitrogens with zero attached hydrogens (tertiary/aromatic N) is 2. The third kappa shape index (κ3) is 3.59. The second-order valence-corrected chi connectivity index (χ2v) is 5.62. The van der Waals surface area contributed by atoms with Gasteiger partial charge in [0.25, 0.3) is 0 Å². The number of aromatic nitrogens is 2. The Bertz CT molecular complexity index is 889. The van der Waals surface area contributed by atoms with Gasteiger partial charge < -0.3 is 18.9 Å². The lowest BCUT2D eigenvalue weighted by molar-refractivity contribution is 0.174. The standard InChI is InChI=1S/C18H13ClN2O4/c19-15-7-12(8-16-17(15)24-11-23-16)10-22-13-3-1-4-14(9-13)25-18-20-5-2-6-21-18/h1-9H,10-11H2. The molecule has 0 saturated heterocycles. The van der Waals surface area contributed by atoms with E-state index in [1.54, 1.807) is 36.7 Å². The van der Waals surface area contributed by atoms with Crippen LogP contribution in [-0.4, -0.2) is 16.8 Å². The average molecular weight is 357 g/mol. The fourth-order valence-electron chi connectivity index (χ4n) is 2.34. The van der Waals surface area contributed by atoms with Crippen LogP contribution in [0.2, 0.25) is 5.02 Å². The summed E-state index contributed by atoms with van der Waals surface area (Å²) in [7, 11) is 0. The van der Waals surface area contributed by atoms with Crippen LogP contribution in [0.5, 0.6) is 29.0 Å². The Balaban J connectivity index is 1.45. The lowest BCUT2D eigenvalue weighted by Gasteiger charge is -2.09. The van der Waals surface area contributed by atoms with E-state index in [2.05, 4.69) is 9.97 Å². The monoisotopic (exact) mass is 356 g/mol. The van der Waals surface area contributed by atoms with Crippen LogP contribution in [0.1, 0.15) is 5.56 Å². The topological polar surface area (TPSA) is 62.7 Å². The Morgan fingerprint density at radius 3 is 2.72 bits per heavy atom. The highest BCUT2D eigenvalue weighted by Crippen LogP contribution is 2.40. The maximum atomic E-state index is 6.18. The molecule has 6 nitrogen and oxygen atoms in total. The maximum absolute atomic E-state index is 6.18. The van der Waals surface area contributed by atoms with Crippen molar-refractivity contribution < 1.29 is 18.9 Å². The van der Waals surface area contributed by atoms with Gasteiger partial charge in [0.15, 0.2) is 11.5 Å². The second kappa shape index (κ2) is 6.86. The molecule has 0 saturated carbocycles. The first-order chi connectivity index (χ1) is 12.3. The van der Waals surface area contributed by atoms with Crippen LogP contribution in [0.3, 0.4) is 0 Å². The second-order valence-electron chi connectivity index (χ2n) is 5.21. The summed E-state index contributed by atoms with van der Waals surface area (Å²) in [6.07, 6.45) is 3.23. The Morgan fingerprint density at radius 2 is 1.84 bits per heavy atom. The SMILES string of the molecule is Clc1cc(COc2cccc(Oc3ncccn3)c2)cc2c1OCO2. The van der Waals surface area contributed by atoms with E-state index in [4.69, 9.17) is 30.5 Å². The summed E-state index contributed by atoms with van der Waals surface area (Å²) in [6.45, 7) is 0.516. The van der Waals surface area contributed by atoms with Crippen LogP contribution in [-0.2, 0) is 6.61 Å². The van der Waals surface area contributed by atoms with Crippen LogP contribution < -0.4 is 18.9 Å². The molecule has 2 aromatic carbocycles. The number of ether oxygens (including phenoxy) is 4. The molecule has 7 heteroatoms. The molecular formula is C18H13ClN2O4. The Labute approximate surface area is 148 Å². The van der Waals surface area contributed by atoms with E-state index >= 15 is 0 Å². The summed E-state index contributed by atoms with van der Waals surface area (Å²) in [6, 6.07) is 12.9. The molecule has 126 valence electrons. The van der Waals surface area contributed by atoms with E-state index in [0.29, 0.717) is 34.6 Å². The highest BCUT2D eigenvalue weighted by atomic mass is 35.5. The Kier molecular flexibility index (Phi) is 4.26. The minimum Gasteiger partial charge on any atom is -0.489 e. The number of fused-ring (bicyclic) bond motifs is 1. The lowest BCUT2D eigenvalue weighted by Crippen LogP contribution is -1.96. The molecular weight excluding hydrogens is 344 g/mol. The molecule has 0 amide bonds. The van der Waals surface area contributed by atoms with E-state index in [1.165, 1.54) is 0 Å². The highest BCUT2D eigenvalue weighted by Gasteiger charge is 2.18. The molecule has 0 bridgehead atoms. The summed E-state index contributed by atoms with van der Waals surface area (Å²) in [5.41, 5.74) is 0.881. The minimum atomic E-state index is 0.181. The molecule has 3 aromatic rings. The van der Waals surface area contributed by atoms with Crippen molar-refractivity contribution in [3.63, 3.8) is 0 Å². The third-order valence-electron chi connectivity index (χ3n) is 3.45. The van der Waals surface area contributed by atoms with Gasteiger partial charge in [-0.3, -0.25) is 0 Å². The van der Waals surface area contributed by atoms with Crippen molar-refractivity contribution >= 4 is 11.6 Å². The molecule has 0 spiro atoms. The van der Waals surface area contributed by atoms with Gasteiger partial charge in [0.1, 0.15) is 18.1 Å². The molecule has 0 radical (unpaired) electrons. The number of hydrogen-bond acceptors (Lipinski definition) is 6. The predicted octanol–water partition coefficient (Wildman–Crippen LogP) is 4.23. The van der Waals surface area contributed by atoms with Crippen molar-refractivity contribution in [3.8, 4) is 29.0 Å². The molecule has 1 aliphatic heterocycles. The number of rotatable bonds is 5. The highest BCUT2D eigenvalue weighted by molar-refractivity contribution is 6.32. The number of halogens is 1. The zero-order valence-electron chi connectivity index (χ0n) is 13.0. The Hall–Kier alpha value is -2.99. The summed E-state index contributed by atoms with van der Waals surface area (Å²) in [4.78, 5) is 8.05. The van der Waals surface area contributed by atoms with Gasteiger partial charge in [-0.1, -0.05) is 17.7 Å². The first-order valence-corrected chi connectivity index (χ1v) is 7.91. The average Bonchev–Trinajstić information content (AvgIpc) is 3.10. The molecule has 0 N–H and O–H groups in total. The van der Waals surface area contributed by atoms with Gasteiger partial charge in [0.2, 0.25) is 6.79 Å². The molecule has 0 fully saturated rings. The van der Waals surface area contributed by atoms with Gasteiger partial charge in [-0.05, 0) is 35.9 Å². The normalized spacial score (nSPS) is 12.0. The van der Waals surface area contributed by atoms with Gasteiger partial charge in [0.05, 0.1) is 5.02 Å². The molecule has 4 rings (SSSR count). The lowest BCUT2D eigenvalue weighted by atomic mass is 10.2. The molecule has 0 unspecified atom stereocenters. The molecule has 0 atom stereocenters. The van der Waals surface area contributed by atoms with Crippen LogP contribution in [0, 0.1) is 0 Å². The molecule has 2 heterocycles. The van der Waals surface area contributed by atoms with E-state index in [9.17, 15) is 0 Å². The quantitative estimate of drug-likeness (QED) is 0.681.